The number of nitrogens with one attached hydrogen (secondary N) is 1. The van der Waals surface area contributed by atoms with Crippen LogP contribution < -0.4 is 11.1 Å². The number of aromatic nitrogens is 1. The Morgan fingerprint density at radius 3 is 2.82 bits per heavy atom. The monoisotopic (exact) mass is 229 g/mol. The Kier molecular flexibility index (Phi) is 3.05. The van der Waals surface area contributed by atoms with E-state index in [-0.39, 0.29) is 5.82 Å². The molecular formula is C13H12FN3. The lowest BCUT2D eigenvalue weighted by atomic mass is 10.3. The van der Waals surface area contributed by atoms with Crippen LogP contribution in [0.3, 0.4) is 0 Å². The second-order valence-corrected chi connectivity index (χ2v) is 3.55. The standard InChI is InChI=1S/C13H12FN3/c1-2-11-7-10(15)8-13(16-11)17-12-5-3-4-9(14)6-12/h2-8H,1H2,(H3,15,16,17). The van der Waals surface area contributed by atoms with Crippen LogP contribution in [0, 0.1) is 5.82 Å². The number of anilines is 3. The first kappa shape index (κ1) is 11.1. The summed E-state index contributed by atoms with van der Waals surface area (Å²) in [4.78, 5) is 4.25. The van der Waals surface area contributed by atoms with Crippen molar-refractivity contribution in [2.45, 2.75) is 0 Å². The lowest BCUT2D eigenvalue weighted by Crippen LogP contribution is -1.97. The van der Waals surface area contributed by atoms with Crippen LogP contribution >= 0.6 is 0 Å². The fourth-order valence-corrected chi connectivity index (χ4v) is 1.46. The molecule has 0 radical (unpaired) electrons. The van der Waals surface area contributed by atoms with E-state index in [1.807, 2.05) is 0 Å². The number of pyridine rings is 1. The Hall–Kier alpha value is -2.36. The van der Waals surface area contributed by atoms with E-state index in [1.165, 1.54) is 12.1 Å². The zero-order valence-corrected chi connectivity index (χ0v) is 9.15. The van der Waals surface area contributed by atoms with Crippen molar-refractivity contribution >= 4 is 23.3 Å². The van der Waals surface area contributed by atoms with Crippen molar-refractivity contribution in [1.82, 2.24) is 4.98 Å². The molecule has 0 saturated heterocycles. The van der Waals surface area contributed by atoms with Gasteiger partial charge in [0.2, 0.25) is 0 Å². The maximum Gasteiger partial charge on any atom is 0.133 e. The summed E-state index contributed by atoms with van der Waals surface area (Å²) in [6, 6.07) is 9.53. The highest BCUT2D eigenvalue weighted by molar-refractivity contribution is 5.63. The lowest BCUT2D eigenvalue weighted by Gasteiger charge is -2.07. The Morgan fingerprint density at radius 2 is 2.12 bits per heavy atom. The van der Waals surface area contributed by atoms with Crippen molar-refractivity contribution in [2.75, 3.05) is 11.1 Å². The number of benzene rings is 1. The average Bonchev–Trinajstić information content (AvgIpc) is 2.28. The molecule has 17 heavy (non-hydrogen) atoms. The highest BCUT2D eigenvalue weighted by atomic mass is 19.1. The van der Waals surface area contributed by atoms with Crippen LogP contribution in [0.15, 0.2) is 43.0 Å². The molecule has 2 rings (SSSR count). The van der Waals surface area contributed by atoms with Gasteiger partial charge in [0.05, 0.1) is 5.69 Å². The Labute approximate surface area is 98.8 Å². The number of hydrogen-bond donors (Lipinski definition) is 2. The molecule has 3 nitrogen and oxygen atoms in total. The fourth-order valence-electron chi connectivity index (χ4n) is 1.46. The predicted octanol–water partition coefficient (Wildman–Crippen LogP) is 3.19. The minimum atomic E-state index is -0.303. The molecule has 0 atom stereocenters. The number of nitrogens with zero attached hydrogens (tertiary/aromatic N) is 1. The van der Waals surface area contributed by atoms with Crippen LogP contribution in [0.1, 0.15) is 5.69 Å². The molecule has 3 N–H and O–H groups in total. The minimum absolute atomic E-state index is 0.303. The summed E-state index contributed by atoms with van der Waals surface area (Å²) in [5.74, 6) is 0.258. The summed E-state index contributed by atoms with van der Waals surface area (Å²) in [5, 5.41) is 2.98. The molecule has 0 spiro atoms. The van der Waals surface area contributed by atoms with Gasteiger partial charge in [-0.15, -0.1) is 0 Å². The molecule has 1 aromatic carbocycles. The molecular weight excluding hydrogens is 217 g/mol. The van der Waals surface area contributed by atoms with Gasteiger partial charge in [0.1, 0.15) is 11.6 Å². The van der Waals surface area contributed by atoms with Gasteiger partial charge in [-0.05, 0) is 30.3 Å². The van der Waals surface area contributed by atoms with Gasteiger partial charge in [0.25, 0.3) is 0 Å². The van der Waals surface area contributed by atoms with Crippen LogP contribution in [0.4, 0.5) is 21.6 Å². The predicted molar refractivity (Wildman–Crippen MR) is 68.4 cm³/mol. The Morgan fingerprint density at radius 1 is 1.29 bits per heavy atom. The maximum atomic E-state index is 13.0. The zero-order valence-electron chi connectivity index (χ0n) is 9.15. The van der Waals surface area contributed by atoms with Gasteiger partial charge in [-0.1, -0.05) is 12.6 Å². The van der Waals surface area contributed by atoms with Gasteiger partial charge in [0, 0.05) is 17.4 Å². The third kappa shape index (κ3) is 2.81. The molecule has 86 valence electrons. The van der Waals surface area contributed by atoms with Crippen molar-refractivity contribution in [3.63, 3.8) is 0 Å². The summed E-state index contributed by atoms with van der Waals surface area (Å²) in [7, 11) is 0. The minimum Gasteiger partial charge on any atom is -0.399 e. The summed E-state index contributed by atoms with van der Waals surface area (Å²) in [6.45, 7) is 3.63. The molecule has 0 amide bonds. The van der Waals surface area contributed by atoms with E-state index in [4.69, 9.17) is 5.73 Å². The highest BCUT2D eigenvalue weighted by Gasteiger charge is 2.00. The van der Waals surface area contributed by atoms with Crippen molar-refractivity contribution in [1.29, 1.82) is 0 Å². The van der Waals surface area contributed by atoms with Gasteiger partial charge in [-0.2, -0.15) is 0 Å². The van der Waals surface area contributed by atoms with Gasteiger partial charge in [-0.25, -0.2) is 9.37 Å². The molecule has 0 bridgehead atoms. The number of nitrogens with two attached hydrogens (primary N) is 1. The summed E-state index contributed by atoms with van der Waals surface area (Å²) in [6.07, 6.45) is 1.60. The molecule has 0 fully saturated rings. The third-order valence-electron chi connectivity index (χ3n) is 2.17. The first-order chi connectivity index (χ1) is 8.17. The molecule has 4 heteroatoms. The highest BCUT2D eigenvalue weighted by Crippen LogP contribution is 2.18. The number of halogens is 1. The third-order valence-corrected chi connectivity index (χ3v) is 2.17. The average molecular weight is 229 g/mol. The largest absolute Gasteiger partial charge is 0.399 e. The second-order valence-electron chi connectivity index (χ2n) is 3.55. The van der Waals surface area contributed by atoms with E-state index in [0.717, 1.165) is 0 Å². The normalized spacial score (nSPS) is 9.94. The quantitative estimate of drug-likeness (QED) is 0.849. The van der Waals surface area contributed by atoms with Gasteiger partial charge < -0.3 is 11.1 Å². The van der Waals surface area contributed by atoms with Crippen LogP contribution in [0.2, 0.25) is 0 Å². The summed E-state index contributed by atoms with van der Waals surface area (Å²) >= 11 is 0. The smallest absolute Gasteiger partial charge is 0.133 e. The summed E-state index contributed by atoms with van der Waals surface area (Å²) in [5.41, 5.74) is 7.59. The van der Waals surface area contributed by atoms with Crippen LogP contribution in [-0.2, 0) is 0 Å². The molecule has 1 heterocycles. The molecule has 0 unspecified atom stereocenters. The van der Waals surface area contributed by atoms with E-state index in [1.54, 1.807) is 30.3 Å². The Bertz CT molecular complexity index is 552. The Balaban J connectivity index is 2.29. The number of rotatable bonds is 3. The fraction of sp³-hybridized carbons (Fsp3) is 0. The van der Waals surface area contributed by atoms with Crippen molar-refractivity contribution < 1.29 is 4.39 Å². The topological polar surface area (TPSA) is 50.9 Å². The molecule has 0 aliphatic heterocycles. The molecule has 1 aromatic heterocycles. The maximum absolute atomic E-state index is 13.0. The van der Waals surface area contributed by atoms with Crippen molar-refractivity contribution in [3.8, 4) is 0 Å². The van der Waals surface area contributed by atoms with E-state index >= 15 is 0 Å². The van der Waals surface area contributed by atoms with Gasteiger partial charge in [-0.3, -0.25) is 0 Å². The lowest BCUT2D eigenvalue weighted by molar-refractivity contribution is 0.628. The van der Waals surface area contributed by atoms with Crippen molar-refractivity contribution in [2.24, 2.45) is 0 Å². The number of hydrogen-bond acceptors (Lipinski definition) is 3. The molecule has 0 aliphatic carbocycles. The van der Waals surface area contributed by atoms with E-state index < -0.39 is 0 Å². The van der Waals surface area contributed by atoms with Crippen LogP contribution in [0.5, 0.6) is 0 Å². The second kappa shape index (κ2) is 4.65. The molecule has 0 saturated carbocycles. The van der Waals surface area contributed by atoms with E-state index in [9.17, 15) is 4.39 Å². The SMILES string of the molecule is C=Cc1cc(N)cc(Nc2cccc(F)c2)n1. The summed E-state index contributed by atoms with van der Waals surface area (Å²) < 4.78 is 13.0. The van der Waals surface area contributed by atoms with Gasteiger partial charge in [0.15, 0.2) is 0 Å². The molecule has 0 aliphatic rings. The van der Waals surface area contributed by atoms with Crippen LogP contribution in [-0.4, -0.2) is 4.98 Å². The van der Waals surface area contributed by atoms with Crippen LogP contribution in [0.25, 0.3) is 6.08 Å². The first-order valence-corrected chi connectivity index (χ1v) is 5.10. The van der Waals surface area contributed by atoms with E-state index in [0.29, 0.717) is 22.9 Å². The van der Waals surface area contributed by atoms with Gasteiger partial charge >= 0.3 is 0 Å². The first-order valence-electron chi connectivity index (χ1n) is 5.10. The number of nitrogen functional groups attached to an aromatic ring is 1. The van der Waals surface area contributed by atoms with Crippen molar-refractivity contribution in [3.05, 3.63) is 54.5 Å². The zero-order chi connectivity index (χ0) is 12.3. The van der Waals surface area contributed by atoms with E-state index in [2.05, 4.69) is 16.9 Å². The molecule has 2 aromatic rings.